The molecule has 0 radical (unpaired) electrons. The summed E-state index contributed by atoms with van der Waals surface area (Å²) >= 11 is 0. The Bertz CT molecular complexity index is 1070. The number of nitrogens with zero attached hydrogens (tertiary/aromatic N) is 3. The Hall–Kier alpha value is -2.80. The molecule has 0 bridgehead atoms. The molecular weight excluding hydrogens is 452 g/mol. The SMILES string of the molecule is CNC(=O)c1ccc(OC2CCN(c3ccc4c(c3)CCC3(CCN(C5CCC5)CC3)O4)CC2)nc1. The van der Waals surface area contributed by atoms with Crippen LogP contribution in [0.3, 0.4) is 0 Å². The van der Waals surface area contributed by atoms with Crippen LogP contribution in [-0.2, 0) is 6.42 Å². The molecule has 7 nitrogen and oxygen atoms in total. The first-order valence-corrected chi connectivity index (χ1v) is 13.8. The Kier molecular flexibility index (Phi) is 6.50. The highest BCUT2D eigenvalue weighted by molar-refractivity contribution is 5.93. The van der Waals surface area contributed by atoms with Gasteiger partial charge in [-0.25, -0.2) is 4.98 Å². The fraction of sp³-hybridized carbons (Fsp3) is 0.586. The van der Waals surface area contributed by atoms with Gasteiger partial charge in [-0.15, -0.1) is 0 Å². The zero-order valence-corrected chi connectivity index (χ0v) is 21.4. The molecule has 4 heterocycles. The highest BCUT2D eigenvalue weighted by Gasteiger charge is 2.41. The van der Waals surface area contributed by atoms with Gasteiger partial charge in [-0.3, -0.25) is 4.79 Å². The molecular formula is C29H38N4O3. The van der Waals surface area contributed by atoms with E-state index in [1.807, 2.05) is 0 Å². The molecule has 1 aliphatic carbocycles. The van der Waals surface area contributed by atoms with Crippen LogP contribution in [0.25, 0.3) is 0 Å². The molecule has 2 saturated heterocycles. The van der Waals surface area contributed by atoms with E-state index in [0.29, 0.717) is 11.4 Å². The van der Waals surface area contributed by atoms with Crippen molar-refractivity contribution in [2.75, 3.05) is 38.1 Å². The van der Waals surface area contributed by atoms with E-state index < -0.39 is 0 Å². The molecule has 0 atom stereocenters. The van der Waals surface area contributed by atoms with Crippen LogP contribution in [0, 0.1) is 0 Å². The number of rotatable bonds is 5. The standard InChI is InChI=1S/C29H38N4O3/c1-30-28(34)22-5-8-27(31-20-22)35-25-10-15-32(16-11-25)24-6-7-26-21(19-24)9-12-29(36-26)13-17-33(18-14-29)23-3-2-4-23/h5-8,19-20,23,25H,2-4,9-18H2,1H3,(H,30,34). The van der Waals surface area contributed by atoms with Gasteiger partial charge in [0.1, 0.15) is 17.5 Å². The summed E-state index contributed by atoms with van der Waals surface area (Å²) in [5.41, 5.74) is 3.25. The first-order valence-electron chi connectivity index (χ1n) is 13.8. The zero-order chi connectivity index (χ0) is 24.5. The number of pyridine rings is 1. The van der Waals surface area contributed by atoms with Crippen LogP contribution in [0.5, 0.6) is 11.6 Å². The van der Waals surface area contributed by atoms with Crippen molar-refractivity contribution in [2.45, 2.75) is 75.5 Å². The molecule has 1 N–H and O–H groups in total. The van der Waals surface area contributed by atoms with Gasteiger partial charge in [-0.05, 0) is 68.4 Å². The molecule has 192 valence electrons. The second-order valence-corrected chi connectivity index (χ2v) is 11.0. The van der Waals surface area contributed by atoms with E-state index in [0.717, 1.165) is 50.6 Å². The van der Waals surface area contributed by atoms with Gasteiger partial charge >= 0.3 is 0 Å². The van der Waals surface area contributed by atoms with Crippen molar-refractivity contribution >= 4 is 11.6 Å². The number of carbonyl (C=O) groups is 1. The molecule has 1 aromatic heterocycles. The van der Waals surface area contributed by atoms with Crippen molar-refractivity contribution in [3.63, 3.8) is 0 Å². The minimum absolute atomic E-state index is 0.0526. The summed E-state index contributed by atoms with van der Waals surface area (Å²) < 4.78 is 12.8. The number of likely N-dealkylation sites (tertiary alicyclic amines) is 1. The van der Waals surface area contributed by atoms with Gasteiger partial charge in [0, 0.05) is 70.1 Å². The van der Waals surface area contributed by atoms with Gasteiger partial charge in [-0.1, -0.05) is 6.42 Å². The maximum atomic E-state index is 11.7. The van der Waals surface area contributed by atoms with Crippen LogP contribution in [-0.4, -0.2) is 66.8 Å². The summed E-state index contributed by atoms with van der Waals surface area (Å²) in [7, 11) is 1.62. The Morgan fingerprint density at radius 2 is 1.86 bits per heavy atom. The lowest BCUT2D eigenvalue weighted by atomic mass is 9.81. The molecule has 1 amide bonds. The summed E-state index contributed by atoms with van der Waals surface area (Å²) in [6.07, 6.45) is 12.4. The van der Waals surface area contributed by atoms with E-state index in [1.165, 1.54) is 56.4 Å². The van der Waals surface area contributed by atoms with Crippen molar-refractivity contribution < 1.29 is 14.3 Å². The third-order valence-corrected chi connectivity index (χ3v) is 8.84. The molecule has 6 rings (SSSR count). The van der Waals surface area contributed by atoms with Crippen molar-refractivity contribution in [1.29, 1.82) is 0 Å². The summed E-state index contributed by atoms with van der Waals surface area (Å²) in [6.45, 7) is 4.31. The van der Waals surface area contributed by atoms with Gasteiger partial charge in [0.15, 0.2) is 0 Å². The van der Waals surface area contributed by atoms with Crippen LogP contribution in [0.15, 0.2) is 36.5 Å². The average Bonchev–Trinajstić information content (AvgIpc) is 2.89. The van der Waals surface area contributed by atoms with Crippen molar-refractivity contribution in [3.05, 3.63) is 47.7 Å². The van der Waals surface area contributed by atoms with Crippen molar-refractivity contribution in [2.24, 2.45) is 0 Å². The summed E-state index contributed by atoms with van der Waals surface area (Å²) in [4.78, 5) is 21.2. The molecule has 36 heavy (non-hydrogen) atoms. The van der Waals surface area contributed by atoms with Crippen LogP contribution in [0.2, 0.25) is 0 Å². The van der Waals surface area contributed by atoms with Crippen LogP contribution in [0.1, 0.15) is 67.3 Å². The van der Waals surface area contributed by atoms with Gasteiger partial charge in [-0.2, -0.15) is 0 Å². The smallest absolute Gasteiger partial charge is 0.252 e. The first-order chi connectivity index (χ1) is 17.6. The third-order valence-electron chi connectivity index (χ3n) is 8.84. The normalized spacial score (nSPS) is 22.4. The second-order valence-electron chi connectivity index (χ2n) is 11.0. The molecule has 3 aliphatic heterocycles. The topological polar surface area (TPSA) is 66.9 Å². The Balaban J connectivity index is 1.02. The number of benzene rings is 1. The zero-order valence-electron chi connectivity index (χ0n) is 21.4. The molecule has 1 spiro atoms. The average molecular weight is 491 g/mol. The van der Waals surface area contributed by atoms with E-state index >= 15 is 0 Å². The van der Waals surface area contributed by atoms with E-state index in [4.69, 9.17) is 9.47 Å². The highest BCUT2D eigenvalue weighted by Crippen LogP contribution is 2.42. The Morgan fingerprint density at radius 3 is 2.53 bits per heavy atom. The van der Waals surface area contributed by atoms with E-state index in [2.05, 4.69) is 38.3 Å². The van der Waals surface area contributed by atoms with E-state index in [9.17, 15) is 4.79 Å². The Labute approximate surface area is 214 Å². The van der Waals surface area contributed by atoms with Crippen LogP contribution in [0.4, 0.5) is 5.69 Å². The summed E-state index contributed by atoms with van der Waals surface area (Å²) in [5.74, 6) is 1.55. The molecule has 0 unspecified atom stereocenters. The fourth-order valence-electron chi connectivity index (χ4n) is 6.24. The predicted octanol–water partition coefficient (Wildman–Crippen LogP) is 4.20. The third kappa shape index (κ3) is 4.77. The number of piperidine rings is 2. The number of aryl methyl sites for hydroxylation is 1. The van der Waals surface area contributed by atoms with Gasteiger partial charge in [0.2, 0.25) is 5.88 Å². The van der Waals surface area contributed by atoms with Gasteiger partial charge in [0.05, 0.1) is 5.56 Å². The number of fused-ring (bicyclic) bond motifs is 1. The van der Waals surface area contributed by atoms with Gasteiger partial charge in [0.25, 0.3) is 5.91 Å². The largest absolute Gasteiger partial charge is 0.487 e. The number of hydrogen-bond donors (Lipinski definition) is 1. The molecule has 1 saturated carbocycles. The molecule has 4 aliphatic rings. The second kappa shape index (κ2) is 9.92. The van der Waals surface area contributed by atoms with E-state index in [-0.39, 0.29) is 17.6 Å². The maximum Gasteiger partial charge on any atom is 0.252 e. The maximum absolute atomic E-state index is 11.7. The fourth-order valence-corrected chi connectivity index (χ4v) is 6.24. The predicted molar refractivity (Wildman–Crippen MR) is 140 cm³/mol. The summed E-state index contributed by atoms with van der Waals surface area (Å²) in [5, 5.41) is 2.61. The number of nitrogens with one attached hydrogen (secondary N) is 1. The van der Waals surface area contributed by atoms with Crippen molar-refractivity contribution in [3.8, 4) is 11.6 Å². The quantitative estimate of drug-likeness (QED) is 0.678. The molecule has 3 fully saturated rings. The minimum atomic E-state index is -0.137. The van der Waals surface area contributed by atoms with Crippen LogP contribution >= 0.6 is 0 Å². The summed E-state index contributed by atoms with van der Waals surface area (Å²) in [6, 6.07) is 11.2. The number of carbonyl (C=O) groups excluding carboxylic acids is 1. The lowest BCUT2D eigenvalue weighted by molar-refractivity contribution is -0.0336. The van der Waals surface area contributed by atoms with Crippen LogP contribution < -0.4 is 19.7 Å². The lowest BCUT2D eigenvalue weighted by Crippen LogP contribution is -2.53. The number of anilines is 1. The monoisotopic (exact) mass is 490 g/mol. The lowest BCUT2D eigenvalue weighted by Gasteiger charge is -2.48. The van der Waals surface area contributed by atoms with E-state index in [1.54, 1.807) is 25.4 Å². The molecule has 7 heteroatoms. The highest BCUT2D eigenvalue weighted by atomic mass is 16.5. The first kappa shape index (κ1) is 23.6. The number of aromatic nitrogens is 1. The molecule has 2 aromatic rings. The van der Waals surface area contributed by atoms with Gasteiger partial charge < -0.3 is 24.6 Å². The number of hydrogen-bond acceptors (Lipinski definition) is 6. The Morgan fingerprint density at radius 1 is 1.06 bits per heavy atom. The number of amides is 1. The minimum Gasteiger partial charge on any atom is -0.487 e. The van der Waals surface area contributed by atoms with Crippen molar-refractivity contribution in [1.82, 2.24) is 15.2 Å². The number of ether oxygens (including phenoxy) is 2. The molecule has 1 aromatic carbocycles.